The third kappa shape index (κ3) is 6.61. The Bertz CT molecular complexity index is 2040. The molecule has 0 unspecified atom stereocenters. The van der Waals surface area contributed by atoms with Crippen molar-refractivity contribution in [3.63, 3.8) is 0 Å². The molecule has 0 saturated carbocycles. The monoisotopic (exact) mass is 714 g/mol. The van der Waals surface area contributed by atoms with Crippen molar-refractivity contribution in [3.8, 4) is 16.9 Å². The van der Waals surface area contributed by atoms with Gasteiger partial charge >= 0.3 is 17.8 Å². The van der Waals surface area contributed by atoms with E-state index in [9.17, 15) is 27.6 Å². The summed E-state index contributed by atoms with van der Waals surface area (Å²) in [6, 6.07) is 5.65. The van der Waals surface area contributed by atoms with Gasteiger partial charge in [0, 0.05) is 45.5 Å². The highest BCUT2D eigenvalue weighted by molar-refractivity contribution is 6.34. The number of nitrogens with zero attached hydrogens (tertiary/aromatic N) is 7. The SMILES string of the molecule is C=CC(=O)N1C[C@H](C)N(c2nc(=O)n(-c3c(N(C)C)ccnc3C(C)C)c3nc(-c4c(F)cccc4NC(=O)C(F)(F)F)c(Cl)cc23)C[C@H]1C. The third-order valence-corrected chi connectivity index (χ3v) is 8.74. The number of fused-ring (bicyclic) bond motifs is 1. The molecule has 264 valence electrons. The average Bonchev–Trinajstić information content (AvgIpc) is 3.04. The standard InChI is InChI=1S/C34H35ClF4N8O3/c1-8-25(48)45-15-19(5)46(16-18(45)4)30-20-14-21(35)28(26-22(36)10-9-11-23(26)41-32(49)34(37,38)39)42-31(20)47(33(50)43-30)29-24(44(6)7)12-13-40-27(29)17(2)3/h8-14,17-19H,1,15-16H2,2-7H3,(H,41,49)/t18-,19+/m1/s1. The number of amides is 2. The molecule has 0 radical (unpaired) electrons. The van der Waals surface area contributed by atoms with E-state index in [1.807, 2.05) is 32.6 Å². The lowest BCUT2D eigenvalue weighted by Crippen LogP contribution is -2.58. The van der Waals surface area contributed by atoms with Crippen LogP contribution in [0, 0.1) is 5.82 Å². The van der Waals surface area contributed by atoms with Crippen LogP contribution in [0.5, 0.6) is 0 Å². The molecule has 1 aliphatic rings. The summed E-state index contributed by atoms with van der Waals surface area (Å²) in [5, 5.41) is 1.79. The van der Waals surface area contributed by atoms with E-state index in [2.05, 4.69) is 16.5 Å². The van der Waals surface area contributed by atoms with Crippen molar-refractivity contribution in [3.05, 3.63) is 76.2 Å². The van der Waals surface area contributed by atoms with Crippen LogP contribution in [0.25, 0.3) is 28.0 Å². The molecule has 0 spiro atoms. The van der Waals surface area contributed by atoms with E-state index < -0.39 is 34.8 Å². The van der Waals surface area contributed by atoms with E-state index in [1.54, 1.807) is 41.5 Å². The summed E-state index contributed by atoms with van der Waals surface area (Å²) in [7, 11) is 3.55. The second-order valence-corrected chi connectivity index (χ2v) is 12.9. The van der Waals surface area contributed by atoms with Gasteiger partial charge in [-0.05, 0) is 50.1 Å². The molecule has 11 nitrogen and oxygen atoms in total. The number of carbonyl (C=O) groups is 2. The maximum Gasteiger partial charge on any atom is 0.471 e. The van der Waals surface area contributed by atoms with Gasteiger partial charge in [0.1, 0.15) is 11.6 Å². The largest absolute Gasteiger partial charge is 0.471 e. The van der Waals surface area contributed by atoms with Gasteiger partial charge < -0.3 is 20.0 Å². The number of aromatic nitrogens is 4. The number of benzene rings is 1. The third-order valence-electron chi connectivity index (χ3n) is 8.46. The summed E-state index contributed by atoms with van der Waals surface area (Å²) in [4.78, 5) is 57.9. The Kier molecular flexibility index (Phi) is 9.92. The highest BCUT2D eigenvalue weighted by Gasteiger charge is 2.39. The van der Waals surface area contributed by atoms with Crippen LogP contribution in [0.4, 0.5) is 34.8 Å². The summed E-state index contributed by atoms with van der Waals surface area (Å²) < 4.78 is 56.7. The maximum atomic E-state index is 15.6. The number of halogens is 5. The quantitative estimate of drug-likeness (QED) is 0.185. The molecule has 1 aromatic carbocycles. The first-order chi connectivity index (χ1) is 23.5. The molecule has 1 fully saturated rings. The van der Waals surface area contributed by atoms with Gasteiger partial charge in [0.15, 0.2) is 5.65 Å². The molecule has 4 heterocycles. The van der Waals surface area contributed by atoms with Crippen LogP contribution in [-0.2, 0) is 9.59 Å². The fourth-order valence-electron chi connectivity index (χ4n) is 6.08. The van der Waals surface area contributed by atoms with Crippen LogP contribution in [0.1, 0.15) is 39.3 Å². The number of nitrogens with one attached hydrogen (secondary N) is 1. The Morgan fingerprint density at radius 3 is 2.44 bits per heavy atom. The van der Waals surface area contributed by atoms with Crippen molar-refractivity contribution in [2.24, 2.45) is 0 Å². The number of hydrogen-bond acceptors (Lipinski definition) is 8. The lowest BCUT2D eigenvalue weighted by molar-refractivity contribution is -0.167. The minimum atomic E-state index is -5.27. The van der Waals surface area contributed by atoms with Crippen molar-refractivity contribution in [1.29, 1.82) is 0 Å². The lowest BCUT2D eigenvalue weighted by Gasteiger charge is -2.44. The second kappa shape index (κ2) is 13.7. The summed E-state index contributed by atoms with van der Waals surface area (Å²) in [6.07, 6.45) is -2.44. The molecule has 4 aromatic rings. The van der Waals surface area contributed by atoms with Crippen molar-refractivity contribution in [1.82, 2.24) is 24.4 Å². The van der Waals surface area contributed by atoms with Gasteiger partial charge in [0.2, 0.25) is 5.91 Å². The van der Waals surface area contributed by atoms with Crippen LogP contribution in [0.2, 0.25) is 5.02 Å². The van der Waals surface area contributed by atoms with Gasteiger partial charge in [0.25, 0.3) is 0 Å². The zero-order chi connectivity index (χ0) is 36.8. The van der Waals surface area contributed by atoms with Gasteiger partial charge in [-0.25, -0.2) is 18.7 Å². The first-order valence-electron chi connectivity index (χ1n) is 15.6. The Morgan fingerprint density at radius 1 is 1.12 bits per heavy atom. The van der Waals surface area contributed by atoms with E-state index in [-0.39, 0.29) is 64.6 Å². The Morgan fingerprint density at radius 2 is 1.82 bits per heavy atom. The van der Waals surface area contributed by atoms with E-state index in [0.717, 1.165) is 18.2 Å². The fourth-order valence-corrected chi connectivity index (χ4v) is 6.33. The van der Waals surface area contributed by atoms with Crippen LogP contribution >= 0.6 is 11.6 Å². The molecule has 2 amide bonds. The van der Waals surface area contributed by atoms with Gasteiger partial charge in [-0.1, -0.05) is 38.1 Å². The van der Waals surface area contributed by atoms with Crippen LogP contribution < -0.4 is 20.8 Å². The zero-order valence-electron chi connectivity index (χ0n) is 28.1. The van der Waals surface area contributed by atoms with Gasteiger partial charge in [0.05, 0.1) is 44.4 Å². The molecule has 0 bridgehead atoms. The first-order valence-corrected chi connectivity index (χ1v) is 16.0. The first kappa shape index (κ1) is 36.2. The number of piperazine rings is 1. The van der Waals surface area contributed by atoms with Gasteiger partial charge in [-0.15, -0.1) is 0 Å². The lowest BCUT2D eigenvalue weighted by atomic mass is 10.0. The van der Waals surface area contributed by atoms with E-state index in [0.29, 0.717) is 17.1 Å². The molecule has 50 heavy (non-hydrogen) atoms. The molecule has 1 saturated heterocycles. The molecule has 1 N–H and O–H groups in total. The van der Waals surface area contributed by atoms with Gasteiger partial charge in [-0.2, -0.15) is 18.2 Å². The molecule has 3 aromatic heterocycles. The predicted octanol–water partition coefficient (Wildman–Crippen LogP) is 5.94. The normalized spacial score (nSPS) is 16.6. The molecule has 1 aliphatic heterocycles. The average molecular weight is 715 g/mol. The molecule has 5 rings (SSSR count). The Labute approximate surface area is 290 Å². The number of pyridine rings is 2. The van der Waals surface area contributed by atoms with Gasteiger partial charge in [-0.3, -0.25) is 14.6 Å². The van der Waals surface area contributed by atoms with Crippen molar-refractivity contribution in [2.45, 2.75) is 51.9 Å². The Hall–Kier alpha value is -5.05. The fraction of sp³-hybridized carbons (Fsp3) is 0.353. The van der Waals surface area contributed by atoms with Crippen LogP contribution in [-0.4, -0.2) is 81.7 Å². The molecule has 16 heteroatoms. The minimum Gasteiger partial charge on any atom is -0.376 e. The molecule has 0 aliphatic carbocycles. The van der Waals surface area contributed by atoms with E-state index >= 15 is 4.39 Å². The number of hydrogen-bond donors (Lipinski definition) is 1. The summed E-state index contributed by atoms with van der Waals surface area (Å²) in [5.41, 5.74) is -0.775. The van der Waals surface area contributed by atoms with E-state index in [4.69, 9.17) is 16.6 Å². The smallest absolute Gasteiger partial charge is 0.376 e. The highest BCUT2D eigenvalue weighted by atomic mass is 35.5. The molecule has 2 atom stereocenters. The molecular formula is C34H35ClF4N8O3. The highest BCUT2D eigenvalue weighted by Crippen LogP contribution is 2.40. The minimum absolute atomic E-state index is 0.0433. The number of anilines is 3. The number of carbonyl (C=O) groups excluding carboxylic acids is 2. The zero-order valence-corrected chi connectivity index (χ0v) is 28.9. The topological polar surface area (TPSA) is 117 Å². The molecular weight excluding hydrogens is 680 g/mol. The predicted molar refractivity (Wildman–Crippen MR) is 185 cm³/mol. The summed E-state index contributed by atoms with van der Waals surface area (Å²) in [5.74, 6) is -3.61. The summed E-state index contributed by atoms with van der Waals surface area (Å²) >= 11 is 6.79. The van der Waals surface area contributed by atoms with Crippen molar-refractivity contribution < 1.29 is 27.2 Å². The maximum absolute atomic E-state index is 15.6. The summed E-state index contributed by atoms with van der Waals surface area (Å²) in [6.45, 7) is 11.6. The van der Waals surface area contributed by atoms with Crippen molar-refractivity contribution in [2.75, 3.05) is 42.3 Å². The number of rotatable bonds is 7. The van der Waals surface area contributed by atoms with Crippen LogP contribution in [0.15, 0.2) is 54.0 Å². The van der Waals surface area contributed by atoms with Crippen LogP contribution in [0.3, 0.4) is 0 Å². The second-order valence-electron chi connectivity index (χ2n) is 12.5. The number of alkyl halides is 3. The Balaban J connectivity index is 1.87. The van der Waals surface area contributed by atoms with Crippen molar-refractivity contribution >= 4 is 51.6 Å². The van der Waals surface area contributed by atoms with E-state index in [1.165, 1.54) is 16.7 Å².